The zero-order valence-corrected chi connectivity index (χ0v) is 12.0. The number of nitrogens with zero attached hydrogens (tertiary/aromatic N) is 3. The van der Waals surface area contributed by atoms with Gasteiger partial charge in [0.25, 0.3) is 0 Å². The van der Waals surface area contributed by atoms with Crippen molar-refractivity contribution in [3.8, 4) is 0 Å². The van der Waals surface area contributed by atoms with Gasteiger partial charge in [-0.15, -0.1) is 0 Å². The fourth-order valence-electron chi connectivity index (χ4n) is 1.32. The van der Waals surface area contributed by atoms with E-state index in [4.69, 9.17) is 0 Å². The van der Waals surface area contributed by atoms with Gasteiger partial charge in [0.05, 0.1) is 0 Å². The van der Waals surface area contributed by atoms with Gasteiger partial charge < -0.3 is 5.32 Å². The number of hydrogen-bond donors (Lipinski definition) is 1. The van der Waals surface area contributed by atoms with Gasteiger partial charge in [-0.1, -0.05) is 25.2 Å². The summed E-state index contributed by atoms with van der Waals surface area (Å²) in [6, 6.07) is 0. The van der Waals surface area contributed by atoms with Crippen molar-refractivity contribution in [3.05, 3.63) is 6.33 Å². The fourth-order valence-corrected chi connectivity index (χ4v) is 3.15. The van der Waals surface area contributed by atoms with Gasteiger partial charge in [-0.25, -0.2) is 23.4 Å². The van der Waals surface area contributed by atoms with Crippen molar-refractivity contribution in [2.24, 2.45) is 5.92 Å². The second kappa shape index (κ2) is 4.77. The van der Waals surface area contributed by atoms with Crippen LogP contribution in [0.25, 0.3) is 10.3 Å². The van der Waals surface area contributed by atoms with E-state index in [1.54, 1.807) is 0 Å². The molecule has 0 aliphatic heterocycles. The van der Waals surface area contributed by atoms with Crippen molar-refractivity contribution in [3.63, 3.8) is 0 Å². The molecule has 0 amide bonds. The lowest BCUT2D eigenvalue weighted by Gasteiger charge is -2.07. The maximum Gasteiger partial charge on any atom is 0.211 e. The van der Waals surface area contributed by atoms with Gasteiger partial charge in [0, 0.05) is 12.8 Å². The van der Waals surface area contributed by atoms with Gasteiger partial charge in [-0.3, -0.25) is 0 Å². The molecular formula is C10H14N4O2S2. The molecule has 0 unspecified atom stereocenters. The second-order valence-corrected chi connectivity index (χ2v) is 7.59. The lowest BCUT2D eigenvalue weighted by atomic mass is 10.2. The van der Waals surface area contributed by atoms with Crippen molar-refractivity contribution in [1.82, 2.24) is 15.0 Å². The minimum atomic E-state index is -3.30. The Bertz CT molecular complexity index is 664. The summed E-state index contributed by atoms with van der Waals surface area (Å²) in [6.45, 7) is 4.93. The molecule has 0 bridgehead atoms. The Balaban J connectivity index is 2.46. The van der Waals surface area contributed by atoms with Crippen LogP contribution < -0.4 is 5.32 Å². The van der Waals surface area contributed by atoms with Gasteiger partial charge in [-0.05, 0) is 5.92 Å². The van der Waals surface area contributed by atoms with Crippen LogP contribution in [-0.4, -0.2) is 36.2 Å². The Hall–Kier alpha value is -1.28. The maximum absolute atomic E-state index is 11.5. The molecule has 6 nitrogen and oxygen atoms in total. The minimum absolute atomic E-state index is 0.0746. The first-order valence-electron chi connectivity index (χ1n) is 5.43. The van der Waals surface area contributed by atoms with Crippen LogP contribution in [0.3, 0.4) is 0 Å². The average Bonchev–Trinajstić information content (AvgIpc) is 2.69. The first-order chi connectivity index (χ1) is 8.38. The predicted molar refractivity (Wildman–Crippen MR) is 71.6 cm³/mol. The number of hydrogen-bond acceptors (Lipinski definition) is 7. The largest absolute Gasteiger partial charge is 0.368 e. The van der Waals surface area contributed by atoms with Crippen LogP contribution in [0.5, 0.6) is 0 Å². The molecule has 18 heavy (non-hydrogen) atoms. The van der Waals surface area contributed by atoms with Crippen LogP contribution in [0.1, 0.15) is 13.8 Å². The van der Waals surface area contributed by atoms with E-state index in [0.29, 0.717) is 22.1 Å². The SMILES string of the molecule is CC(C)CNc1ncnc2nc(S(C)(=O)=O)sc12. The van der Waals surface area contributed by atoms with Crippen LogP contribution in [0.4, 0.5) is 5.82 Å². The highest BCUT2D eigenvalue weighted by molar-refractivity contribution is 7.92. The number of thiazole rings is 1. The van der Waals surface area contributed by atoms with E-state index in [1.165, 1.54) is 6.33 Å². The Morgan fingerprint density at radius 2 is 2.11 bits per heavy atom. The minimum Gasteiger partial charge on any atom is -0.368 e. The molecule has 2 aromatic rings. The van der Waals surface area contributed by atoms with E-state index in [1.807, 2.05) is 0 Å². The summed E-state index contributed by atoms with van der Waals surface area (Å²) in [5.74, 6) is 1.11. The summed E-state index contributed by atoms with van der Waals surface area (Å²) in [5.41, 5.74) is 0.418. The third-order valence-corrected chi connectivity index (χ3v) is 4.90. The van der Waals surface area contributed by atoms with Crippen molar-refractivity contribution in [2.45, 2.75) is 18.2 Å². The van der Waals surface area contributed by atoms with Crippen LogP contribution in [0.15, 0.2) is 10.7 Å². The number of sulfone groups is 1. The molecular weight excluding hydrogens is 272 g/mol. The number of rotatable bonds is 4. The van der Waals surface area contributed by atoms with Crippen molar-refractivity contribution < 1.29 is 8.42 Å². The Kier molecular flexibility index (Phi) is 3.49. The molecule has 0 atom stereocenters. The maximum atomic E-state index is 11.5. The van der Waals surface area contributed by atoms with E-state index in [9.17, 15) is 8.42 Å². The predicted octanol–water partition coefficient (Wildman–Crippen LogP) is 1.56. The van der Waals surface area contributed by atoms with Crippen LogP contribution in [0.2, 0.25) is 0 Å². The molecule has 1 N–H and O–H groups in total. The van der Waals surface area contributed by atoms with Crippen molar-refractivity contribution >= 4 is 37.3 Å². The quantitative estimate of drug-likeness (QED) is 0.918. The monoisotopic (exact) mass is 286 g/mol. The Labute approximate surface area is 109 Å². The van der Waals surface area contributed by atoms with Crippen LogP contribution in [-0.2, 0) is 9.84 Å². The van der Waals surface area contributed by atoms with Gasteiger partial charge in [0.15, 0.2) is 5.65 Å². The third kappa shape index (κ3) is 2.75. The molecule has 0 saturated heterocycles. The average molecular weight is 286 g/mol. The summed E-state index contributed by atoms with van der Waals surface area (Å²) in [7, 11) is -3.30. The Morgan fingerprint density at radius 3 is 2.72 bits per heavy atom. The lowest BCUT2D eigenvalue weighted by molar-refractivity contribution is 0.601. The second-order valence-electron chi connectivity index (χ2n) is 4.40. The van der Waals surface area contributed by atoms with Crippen molar-refractivity contribution in [1.29, 1.82) is 0 Å². The van der Waals surface area contributed by atoms with Crippen molar-refractivity contribution in [2.75, 3.05) is 18.1 Å². The lowest BCUT2D eigenvalue weighted by Crippen LogP contribution is -2.09. The molecule has 0 aliphatic carbocycles. The molecule has 98 valence electrons. The highest BCUT2D eigenvalue weighted by Gasteiger charge is 2.17. The highest BCUT2D eigenvalue weighted by atomic mass is 32.2. The van der Waals surface area contributed by atoms with Gasteiger partial charge >= 0.3 is 0 Å². The third-order valence-electron chi connectivity index (χ3n) is 2.17. The normalized spacial score (nSPS) is 12.2. The standard InChI is InChI=1S/C10H14N4O2S2/c1-6(2)4-11-8-7-9(13-5-12-8)14-10(17-7)18(3,15)16/h5-6H,4H2,1-3H3,(H,11,12,13). The van der Waals surface area contributed by atoms with E-state index < -0.39 is 9.84 Å². The number of anilines is 1. The van der Waals surface area contributed by atoms with Crippen LogP contribution >= 0.6 is 11.3 Å². The van der Waals surface area contributed by atoms with Crippen LogP contribution in [0, 0.1) is 5.92 Å². The van der Waals surface area contributed by atoms with Gasteiger partial charge in [-0.2, -0.15) is 0 Å². The molecule has 0 saturated carbocycles. The molecule has 0 radical (unpaired) electrons. The molecule has 0 fully saturated rings. The number of aromatic nitrogens is 3. The Morgan fingerprint density at radius 1 is 1.39 bits per heavy atom. The zero-order valence-electron chi connectivity index (χ0n) is 10.3. The molecule has 2 aromatic heterocycles. The van der Waals surface area contributed by atoms with E-state index in [-0.39, 0.29) is 4.34 Å². The topological polar surface area (TPSA) is 84.8 Å². The molecule has 2 heterocycles. The number of fused-ring (bicyclic) bond motifs is 1. The summed E-state index contributed by atoms with van der Waals surface area (Å²) in [5, 5.41) is 3.18. The molecule has 2 rings (SSSR count). The summed E-state index contributed by atoms with van der Waals surface area (Å²) >= 11 is 1.10. The van der Waals surface area contributed by atoms with Gasteiger partial charge in [0.1, 0.15) is 16.8 Å². The molecule has 0 aromatic carbocycles. The van der Waals surface area contributed by atoms with E-state index in [2.05, 4.69) is 34.1 Å². The summed E-state index contributed by atoms with van der Waals surface area (Å²) in [4.78, 5) is 12.1. The molecule has 0 spiro atoms. The zero-order chi connectivity index (χ0) is 13.3. The summed E-state index contributed by atoms with van der Waals surface area (Å²) < 4.78 is 23.7. The summed E-state index contributed by atoms with van der Waals surface area (Å²) in [6.07, 6.45) is 2.52. The molecule has 0 aliphatic rings. The van der Waals surface area contributed by atoms with Gasteiger partial charge in [0.2, 0.25) is 14.2 Å². The first kappa shape index (κ1) is 13.2. The first-order valence-corrected chi connectivity index (χ1v) is 8.14. The molecule has 8 heteroatoms. The number of nitrogens with one attached hydrogen (secondary N) is 1. The smallest absolute Gasteiger partial charge is 0.211 e. The fraction of sp³-hybridized carbons (Fsp3) is 0.500. The van der Waals surface area contributed by atoms with E-state index in [0.717, 1.165) is 24.1 Å². The highest BCUT2D eigenvalue weighted by Crippen LogP contribution is 2.28. The van der Waals surface area contributed by atoms with E-state index >= 15 is 0 Å².